The number of amides is 2. The van der Waals surface area contributed by atoms with E-state index in [0.717, 1.165) is 4.90 Å². The Morgan fingerprint density at radius 1 is 1.73 bits per heavy atom. The minimum absolute atomic E-state index is 0.123. The highest BCUT2D eigenvalue weighted by Crippen LogP contribution is 2.09. The molecule has 0 bridgehead atoms. The number of carbonyl (C=O) groups excluding carboxylic acids is 2. The van der Waals surface area contributed by atoms with Gasteiger partial charge in [0, 0.05) is 18.7 Å². The van der Waals surface area contributed by atoms with E-state index in [2.05, 4.69) is 0 Å². The van der Waals surface area contributed by atoms with Crippen LogP contribution in [0.15, 0.2) is 0 Å². The molecule has 3 nitrogen and oxygen atoms in total. The maximum absolute atomic E-state index is 11.0. The summed E-state index contributed by atoms with van der Waals surface area (Å²) in [7, 11) is 1.47. The SMILES string of the molecule is CSC(C)CC(=O)N(C)C=O. The quantitative estimate of drug-likeness (QED) is 0.591. The van der Waals surface area contributed by atoms with Crippen LogP contribution in [-0.4, -0.2) is 35.8 Å². The van der Waals surface area contributed by atoms with Crippen LogP contribution in [0, 0.1) is 0 Å². The Hall–Kier alpha value is -0.510. The third kappa shape index (κ3) is 4.03. The van der Waals surface area contributed by atoms with Gasteiger partial charge in [-0.15, -0.1) is 0 Å². The van der Waals surface area contributed by atoms with Gasteiger partial charge in [0.1, 0.15) is 0 Å². The van der Waals surface area contributed by atoms with Gasteiger partial charge in [-0.2, -0.15) is 11.8 Å². The minimum atomic E-state index is -0.123. The van der Waals surface area contributed by atoms with Crippen LogP contribution >= 0.6 is 11.8 Å². The predicted molar refractivity (Wildman–Crippen MR) is 46.4 cm³/mol. The molecule has 4 heteroatoms. The smallest absolute Gasteiger partial charge is 0.229 e. The molecule has 11 heavy (non-hydrogen) atoms. The molecule has 0 fully saturated rings. The van der Waals surface area contributed by atoms with Crippen LogP contribution < -0.4 is 0 Å². The van der Waals surface area contributed by atoms with E-state index in [0.29, 0.717) is 12.8 Å². The van der Waals surface area contributed by atoms with Crippen LogP contribution in [-0.2, 0) is 9.59 Å². The molecule has 2 amide bonds. The van der Waals surface area contributed by atoms with E-state index in [1.54, 1.807) is 11.8 Å². The van der Waals surface area contributed by atoms with Gasteiger partial charge in [-0.3, -0.25) is 14.5 Å². The number of hydrogen-bond acceptors (Lipinski definition) is 3. The summed E-state index contributed by atoms with van der Waals surface area (Å²) in [6.45, 7) is 1.96. The lowest BCUT2D eigenvalue weighted by molar-refractivity contribution is -0.136. The molecule has 0 aliphatic carbocycles. The van der Waals surface area contributed by atoms with Crippen LogP contribution in [0.4, 0.5) is 0 Å². The van der Waals surface area contributed by atoms with Gasteiger partial charge in [0.05, 0.1) is 0 Å². The molecule has 0 rings (SSSR count). The van der Waals surface area contributed by atoms with Gasteiger partial charge in [0.15, 0.2) is 0 Å². The molecule has 0 aliphatic heterocycles. The minimum Gasteiger partial charge on any atom is -0.288 e. The first kappa shape index (κ1) is 10.5. The maximum atomic E-state index is 11.0. The van der Waals surface area contributed by atoms with E-state index >= 15 is 0 Å². The first-order valence-corrected chi connectivity index (χ1v) is 4.64. The molecule has 0 aliphatic rings. The molecule has 1 atom stereocenters. The highest BCUT2D eigenvalue weighted by Gasteiger charge is 2.10. The Balaban J connectivity index is 3.77. The van der Waals surface area contributed by atoms with Gasteiger partial charge in [-0.05, 0) is 6.26 Å². The molecule has 64 valence electrons. The average molecular weight is 175 g/mol. The second-order valence-corrected chi connectivity index (χ2v) is 3.64. The van der Waals surface area contributed by atoms with Gasteiger partial charge < -0.3 is 0 Å². The number of carbonyl (C=O) groups is 2. The molecule has 0 N–H and O–H groups in total. The lowest BCUT2D eigenvalue weighted by Gasteiger charge is -2.11. The highest BCUT2D eigenvalue weighted by molar-refractivity contribution is 7.99. The predicted octanol–water partition coefficient (Wildman–Crippen LogP) is 0.743. The summed E-state index contributed by atoms with van der Waals surface area (Å²) in [5, 5.41) is 0.282. The normalized spacial score (nSPS) is 12.3. The van der Waals surface area contributed by atoms with Crippen molar-refractivity contribution in [3.63, 3.8) is 0 Å². The zero-order valence-corrected chi connectivity index (χ0v) is 7.85. The van der Waals surface area contributed by atoms with Crippen molar-refractivity contribution in [1.29, 1.82) is 0 Å². The van der Waals surface area contributed by atoms with E-state index in [9.17, 15) is 9.59 Å². The summed E-state index contributed by atoms with van der Waals surface area (Å²) in [5.74, 6) is -0.123. The summed E-state index contributed by atoms with van der Waals surface area (Å²) in [5.41, 5.74) is 0. The van der Waals surface area contributed by atoms with Crippen LogP contribution in [0.2, 0.25) is 0 Å². The zero-order valence-electron chi connectivity index (χ0n) is 7.03. The number of hydrogen-bond donors (Lipinski definition) is 0. The standard InChI is InChI=1S/C7H13NO2S/c1-6(11-3)4-7(10)8(2)5-9/h5-6H,4H2,1-3H3. The molecule has 0 aromatic rings. The highest BCUT2D eigenvalue weighted by atomic mass is 32.2. The van der Waals surface area contributed by atoms with E-state index < -0.39 is 0 Å². The fourth-order valence-corrected chi connectivity index (χ4v) is 0.841. The molecule has 1 unspecified atom stereocenters. The topological polar surface area (TPSA) is 37.4 Å². The van der Waals surface area contributed by atoms with Gasteiger partial charge >= 0.3 is 0 Å². The summed E-state index contributed by atoms with van der Waals surface area (Å²) in [4.78, 5) is 22.2. The summed E-state index contributed by atoms with van der Waals surface area (Å²) in [6.07, 6.45) is 2.91. The molecular weight excluding hydrogens is 162 g/mol. The number of imide groups is 1. The van der Waals surface area contributed by atoms with Crippen LogP contribution in [0.1, 0.15) is 13.3 Å². The summed E-state index contributed by atoms with van der Waals surface area (Å²) >= 11 is 1.62. The van der Waals surface area contributed by atoms with E-state index in [1.165, 1.54) is 7.05 Å². The molecular formula is C7H13NO2S. The first-order chi connectivity index (χ1) is 5.11. The van der Waals surface area contributed by atoms with Crippen molar-refractivity contribution in [2.24, 2.45) is 0 Å². The number of rotatable bonds is 4. The second kappa shape index (κ2) is 5.18. The van der Waals surface area contributed by atoms with Crippen molar-refractivity contribution in [2.45, 2.75) is 18.6 Å². The van der Waals surface area contributed by atoms with Crippen molar-refractivity contribution in [3.8, 4) is 0 Å². The largest absolute Gasteiger partial charge is 0.288 e. The van der Waals surface area contributed by atoms with Crippen molar-refractivity contribution in [2.75, 3.05) is 13.3 Å². The molecule has 0 aromatic carbocycles. The van der Waals surface area contributed by atoms with Gasteiger partial charge in [0.25, 0.3) is 0 Å². The second-order valence-electron chi connectivity index (χ2n) is 2.36. The van der Waals surface area contributed by atoms with Crippen molar-refractivity contribution < 1.29 is 9.59 Å². The lowest BCUT2D eigenvalue weighted by atomic mass is 10.3. The Labute approximate surface area is 71.1 Å². The molecule has 0 saturated carbocycles. The monoisotopic (exact) mass is 175 g/mol. The van der Waals surface area contributed by atoms with E-state index in [-0.39, 0.29) is 11.2 Å². The molecule has 0 saturated heterocycles. The Morgan fingerprint density at radius 2 is 2.27 bits per heavy atom. The zero-order chi connectivity index (χ0) is 8.85. The fourth-order valence-electron chi connectivity index (χ4n) is 0.532. The Morgan fingerprint density at radius 3 is 2.64 bits per heavy atom. The average Bonchev–Trinajstić information content (AvgIpc) is 2.02. The number of nitrogens with zero attached hydrogens (tertiary/aromatic N) is 1. The molecule has 0 heterocycles. The van der Waals surface area contributed by atoms with E-state index in [4.69, 9.17) is 0 Å². The van der Waals surface area contributed by atoms with Gasteiger partial charge in [-0.25, -0.2) is 0 Å². The van der Waals surface area contributed by atoms with Crippen molar-refractivity contribution >= 4 is 24.1 Å². The van der Waals surface area contributed by atoms with Gasteiger partial charge in [-0.1, -0.05) is 6.92 Å². The molecule has 0 spiro atoms. The third-order valence-corrected chi connectivity index (χ3v) is 2.39. The van der Waals surface area contributed by atoms with Crippen molar-refractivity contribution in [1.82, 2.24) is 4.90 Å². The van der Waals surface area contributed by atoms with Crippen LogP contribution in [0.5, 0.6) is 0 Å². The Bertz CT molecular complexity index is 149. The molecule has 0 aromatic heterocycles. The fraction of sp³-hybridized carbons (Fsp3) is 0.714. The van der Waals surface area contributed by atoms with Crippen LogP contribution in [0.25, 0.3) is 0 Å². The van der Waals surface area contributed by atoms with Crippen molar-refractivity contribution in [3.05, 3.63) is 0 Å². The third-order valence-electron chi connectivity index (χ3n) is 1.42. The lowest BCUT2D eigenvalue weighted by Crippen LogP contribution is -2.26. The first-order valence-electron chi connectivity index (χ1n) is 3.35. The number of thioether (sulfide) groups is 1. The maximum Gasteiger partial charge on any atom is 0.229 e. The van der Waals surface area contributed by atoms with E-state index in [1.807, 2.05) is 13.2 Å². The molecule has 0 radical (unpaired) electrons. The van der Waals surface area contributed by atoms with Gasteiger partial charge in [0.2, 0.25) is 12.3 Å². The summed E-state index contributed by atoms with van der Waals surface area (Å²) < 4.78 is 0. The van der Waals surface area contributed by atoms with Crippen LogP contribution in [0.3, 0.4) is 0 Å². The Kier molecular flexibility index (Phi) is 4.94. The summed E-state index contributed by atoms with van der Waals surface area (Å²) in [6, 6.07) is 0.